The maximum Gasteiger partial charge on any atom is 0.207 e. The highest BCUT2D eigenvalue weighted by molar-refractivity contribution is 9.10. The Bertz CT molecular complexity index is 601. The Labute approximate surface area is 132 Å². The van der Waals surface area contributed by atoms with Gasteiger partial charge in [-0.25, -0.2) is 9.37 Å². The number of benzene rings is 1. The molecule has 0 amide bonds. The SMILES string of the molecule is CCOCCCNc1nc(C)cn1-c1cc(Br)ccc1F. The molecule has 0 unspecified atom stereocenters. The fraction of sp³-hybridized carbons (Fsp3) is 0.400. The number of imidazole rings is 1. The molecule has 1 aromatic carbocycles. The number of anilines is 1. The second-order valence-corrected chi connectivity index (χ2v) is 5.56. The molecule has 0 spiro atoms. The van der Waals surface area contributed by atoms with Crippen LogP contribution in [0.5, 0.6) is 0 Å². The van der Waals surface area contributed by atoms with Gasteiger partial charge in [0.2, 0.25) is 5.95 Å². The van der Waals surface area contributed by atoms with E-state index < -0.39 is 0 Å². The highest BCUT2D eigenvalue weighted by Gasteiger charge is 2.11. The third-order valence-corrected chi connectivity index (χ3v) is 3.44. The minimum absolute atomic E-state index is 0.284. The van der Waals surface area contributed by atoms with E-state index in [2.05, 4.69) is 26.2 Å². The van der Waals surface area contributed by atoms with Crippen molar-refractivity contribution in [2.75, 3.05) is 25.1 Å². The maximum absolute atomic E-state index is 14.0. The number of rotatable bonds is 7. The number of hydrogen-bond acceptors (Lipinski definition) is 3. The average Bonchev–Trinajstić information content (AvgIpc) is 2.82. The first-order valence-corrected chi connectivity index (χ1v) is 7.74. The molecule has 0 fully saturated rings. The monoisotopic (exact) mass is 355 g/mol. The number of nitrogens with one attached hydrogen (secondary N) is 1. The summed E-state index contributed by atoms with van der Waals surface area (Å²) in [5.74, 6) is 0.356. The predicted octanol–water partition coefficient (Wildman–Crippen LogP) is 3.92. The molecular formula is C15H19BrFN3O. The summed E-state index contributed by atoms with van der Waals surface area (Å²) in [6, 6.07) is 4.85. The molecule has 21 heavy (non-hydrogen) atoms. The van der Waals surface area contributed by atoms with Crippen LogP contribution in [0.4, 0.5) is 10.3 Å². The van der Waals surface area contributed by atoms with Crippen LogP contribution in [-0.2, 0) is 4.74 Å². The molecule has 0 saturated carbocycles. The van der Waals surface area contributed by atoms with Crippen LogP contribution >= 0.6 is 15.9 Å². The zero-order valence-corrected chi connectivity index (χ0v) is 13.8. The van der Waals surface area contributed by atoms with Crippen molar-refractivity contribution in [3.05, 3.63) is 40.4 Å². The van der Waals surface area contributed by atoms with Gasteiger partial charge in [-0.1, -0.05) is 15.9 Å². The Morgan fingerprint density at radius 1 is 1.43 bits per heavy atom. The number of nitrogens with zero attached hydrogens (tertiary/aromatic N) is 2. The lowest BCUT2D eigenvalue weighted by Gasteiger charge is -2.11. The van der Waals surface area contributed by atoms with Crippen LogP contribution in [0.1, 0.15) is 19.0 Å². The number of halogens is 2. The predicted molar refractivity (Wildman–Crippen MR) is 85.6 cm³/mol. The van der Waals surface area contributed by atoms with E-state index in [-0.39, 0.29) is 5.82 Å². The minimum atomic E-state index is -0.284. The van der Waals surface area contributed by atoms with Gasteiger partial charge in [-0.2, -0.15) is 0 Å². The van der Waals surface area contributed by atoms with Crippen LogP contribution < -0.4 is 5.32 Å². The Kier molecular flexibility index (Phi) is 5.76. The zero-order chi connectivity index (χ0) is 15.2. The van der Waals surface area contributed by atoms with E-state index in [0.29, 0.717) is 18.2 Å². The second-order valence-electron chi connectivity index (χ2n) is 4.65. The second kappa shape index (κ2) is 7.56. The lowest BCUT2D eigenvalue weighted by atomic mass is 10.3. The highest BCUT2D eigenvalue weighted by Crippen LogP contribution is 2.23. The van der Waals surface area contributed by atoms with E-state index in [0.717, 1.165) is 29.7 Å². The van der Waals surface area contributed by atoms with Crippen molar-refractivity contribution in [1.82, 2.24) is 9.55 Å². The standard InChI is InChI=1S/C15H19BrFN3O/c1-3-21-8-4-7-18-15-19-11(2)10-20(15)14-9-12(16)5-6-13(14)17/h5-6,9-10H,3-4,7-8H2,1-2H3,(H,18,19). The van der Waals surface area contributed by atoms with Gasteiger partial charge in [-0.15, -0.1) is 0 Å². The molecule has 0 aliphatic heterocycles. The largest absolute Gasteiger partial charge is 0.382 e. The highest BCUT2D eigenvalue weighted by atomic mass is 79.9. The van der Waals surface area contributed by atoms with Crippen LogP contribution in [0.15, 0.2) is 28.9 Å². The topological polar surface area (TPSA) is 39.1 Å². The van der Waals surface area contributed by atoms with E-state index >= 15 is 0 Å². The first-order valence-electron chi connectivity index (χ1n) is 6.95. The van der Waals surface area contributed by atoms with E-state index in [1.807, 2.05) is 20.0 Å². The smallest absolute Gasteiger partial charge is 0.207 e. The van der Waals surface area contributed by atoms with Crippen molar-refractivity contribution in [2.45, 2.75) is 20.3 Å². The lowest BCUT2D eigenvalue weighted by Crippen LogP contribution is -2.10. The number of hydrogen-bond donors (Lipinski definition) is 1. The number of ether oxygens (including phenoxy) is 1. The van der Waals surface area contributed by atoms with Crippen molar-refractivity contribution in [1.29, 1.82) is 0 Å². The number of aryl methyl sites for hydroxylation is 1. The van der Waals surface area contributed by atoms with Crippen molar-refractivity contribution < 1.29 is 9.13 Å². The van der Waals surface area contributed by atoms with Gasteiger partial charge in [-0.05, 0) is 38.5 Å². The molecule has 1 N–H and O–H groups in total. The summed E-state index contributed by atoms with van der Waals surface area (Å²) in [7, 11) is 0. The minimum Gasteiger partial charge on any atom is -0.382 e. The Hall–Kier alpha value is -1.40. The van der Waals surface area contributed by atoms with Gasteiger partial charge < -0.3 is 10.1 Å². The maximum atomic E-state index is 14.0. The van der Waals surface area contributed by atoms with Crippen LogP contribution in [0.2, 0.25) is 0 Å². The number of aromatic nitrogens is 2. The van der Waals surface area contributed by atoms with Gasteiger partial charge in [0.1, 0.15) is 5.82 Å². The Morgan fingerprint density at radius 3 is 3.00 bits per heavy atom. The lowest BCUT2D eigenvalue weighted by molar-refractivity contribution is 0.147. The van der Waals surface area contributed by atoms with Crippen molar-refractivity contribution in [3.63, 3.8) is 0 Å². The summed E-state index contributed by atoms with van der Waals surface area (Å²) in [5, 5.41) is 3.23. The van der Waals surface area contributed by atoms with Crippen LogP contribution in [-0.4, -0.2) is 29.3 Å². The Morgan fingerprint density at radius 2 is 2.24 bits per heavy atom. The van der Waals surface area contributed by atoms with Crippen molar-refractivity contribution in [3.8, 4) is 5.69 Å². The summed E-state index contributed by atoms with van der Waals surface area (Å²) in [4.78, 5) is 4.40. The summed E-state index contributed by atoms with van der Waals surface area (Å²) < 4.78 is 21.9. The quantitative estimate of drug-likeness (QED) is 0.765. The summed E-state index contributed by atoms with van der Waals surface area (Å²) in [6.07, 6.45) is 2.69. The van der Waals surface area contributed by atoms with Gasteiger partial charge in [0.15, 0.2) is 0 Å². The fourth-order valence-corrected chi connectivity index (χ4v) is 2.34. The van der Waals surface area contributed by atoms with Crippen LogP contribution in [0, 0.1) is 12.7 Å². The molecule has 4 nitrogen and oxygen atoms in total. The fourth-order valence-electron chi connectivity index (χ4n) is 2.00. The van der Waals surface area contributed by atoms with Crippen molar-refractivity contribution in [2.24, 2.45) is 0 Å². The van der Waals surface area contributed by atoms with E-state index in [4.69, 9.17) is 4.74 Å². The Balaban J connectivity index is 2.14. The molecule has 6 heteroatoms. The molecule has 0 saturated heterocycles. The normalized spacial score (nSPS) is 10.9. The third-order valence-electron chi connectivity index (χ3n) is 2.95. The average molecular weight is 356 g/mol. The van der Waals surface area contributed by atoms with Crippen LogP contribution in [0.3, 0.4) is 0 Å². The molecule has 0 atom stereocenters. The summed E-state index contributed by atoms with van der Waals surface area (Å²) >= 11 is 3.37. The van der Waals surface area contributed by atoms with Gasteiger partial charge in [0.05, 0.1) is 11.4 Å². The molecule has 0 aliphatic rings. The summed E-state index contributed by atoms with van der Waals surface area (Å²) in [6.45, 7) is 6.01. The van der Waals surface area contributed by atoms with E-state index in [9.17, 15) is 4.39 Å². The molecule has 0 aliphatic carbocycles. The zero-order valence-electron chi connectivity index (χ0n) is 12.2. The van der Waals surface area contributed by atoms with Crippen LogP contribution in [0.25, 0.3) is 5.69 Å². The molecule has 1 heterocycles. The van der Waals surface area contributed by atoms with Gasteiger partial charge in [0.25, 0.3) is 0 Å². The first kappa shape index (κ1) is 16.0. The van der Waals surface area contributed by atoms with E-state index in [1.54, 1.807) is 16.7 Å². The van der Waals surface area contributed by atoms with Gasteiger partial charge in [-0.3, -0.25) is 4.57 Å². The molecule has 2 aromatic rings. The molecule has 114 valence electrons. The third kappa shape index (κ3) is 4.28. The molecule has 0 radical (unpaired) electrons. The van der Waals surface area contributed by atoms with Gasteiger partial charge >= 0.3 is 0 Å². The summed E-state index contributed by atoms with van der Waals surface area (Å²) in [5.41, 5.74) is 1.30. The molecule has 2 rings (SSSR count). The molecular weight excluding hydrogens is 337 g/mol. The van der Waals surface area contributed by atoms with Crippen molar-refractivity contribution >= 4 is 21.9 Å². The molecule has 0 bridgehead atoms. The van der Waals surface area contributed by atoms with Gasteiger partial charge in [0, 0.05) is 30.4 Å². The van der Waals surface area contributed by atoms with E-state index in [1.165, 1.54) is 6.07 Å². The molecule has 1 aromatic heterocycles. The first-order chi connectivity index (χ1) is 10.1.